The zero-order chi connectivity index (χ0) is 16.9. The van der Waals surface area contributed by atoms with E-state index in [1.807, 2.05) is 24.3 Å². The van der Waals surface area contributed by atoms with Crippen LogP contribution >= 0.6 is 23.4 Å². The van der Waals surface area contributed by atoms with E-state index in [1.165, 1.54) is 0 Å². The maximum absolute atomic E-state index is 12.2. The number of fused-ring (bicyclic) bond motifs is 1. The van der Waals surface area contributed by atoms with E-state index >= 15 is 0 Å². The Balaban J connectivity index is 1.59. The Hall–Kier alpha value is -2.16. The monoisotopic (exact) mass is 358 g/mol. The van der Waals surface area contributed by atoms with E-state index in [-0.39, 0.29) is 18.6 Å². The van der Waals surface area contributed by atoms with Gasteiger partial charge in [-0.25, -0.2) is 0 Å². The Labute approximate surface area is 149 Å². The number of nitrogens with zero attached hydrogens (tertiary/aromatic N) is 1. The number of hydrogen-bond acceptors (Lipinski definition) is 4. The fourth-order valence-electron chi connectivity index (χ4n) is 2.53. The highest BCUT2D eigenvalue weighted by Crippen LogP contribution is 2.37. The molecule has 6 heteroatoms. The molecule has 0 spiro atoms. The van der Waals surface area contributed by atoms with E-state index in [2.05, 4.69) is 5.32 Å². The summed E-state index contributed by atoms with van der Waals surface area (Å²) in [5.74, 6) is 1.34. The lowest BCUT2D eigenvalue weighted by Crippen LogP contribution is -2.34. The molecule has 0 saturated heterocycles. The van der Waals surface area contributed by atoms with Crippen molar-refractivity contribution < 1.29 is 9.53 Å². The number of nitrogens with one attached hydrogen (secondary N) is 1. The summed E-state index contributed by atoms with van der Waals surface area (Å²) in [6.45, 7) is -0.0640. The zero-order valence-electron chi connectivity index (χ0n) is 12.8. The molecule has 0 saturated carbocycles. The van der Waals surface area contributed by atoms with Gasteiger partial charge in [0.25, 0.3) is 5.91 Å². The lowest BCUT2D eigenvalue weighted by Gasteiger charge is -2.26. The van der Waals surface area contributed by atoms with Crippen LogP contribution in [0.1, 0.15) is 23.6 Å². The van der Waals surface area contributed by atoms with Crippen molar-refractivity contribution in [2.45, 2.75) is 17.4 Å². The third kappa shape index (κ3) is 4.02. The first kappa shape index (κ1) is 16.7. The molecule has 122 valence electrons. The molecule has 2 aromatic rings. The molecule has 24 heavy (non-hydrogen) atoms. The summed E-state index contributed by atoms with van der Waals surface area (Å²) in [4.78, 5) is 13.3. The average Bonchev–Trinajstić information content (AvgIpc) is 2.61. The predicted octanol–water partition coefficient (Wildman–Crippen LogP) is 3.94. The van der Waals surface area contributed by atoms with Crippen molar-refractivity contribution in [1.29, 1.82) is 5.26 Å². The number of carbonyl (C=O) groups excluding carboxylic acids is 1. The van der Waals surface area contributed by atoms with Gasteiger partial charge >= 0.3 is 0 Å². The van der Waals surface area contributed by atoms with Gasteiger partial charge in [0.2, 0.25) is 0 Å². The summed E-state index contributed by atoms with van der Waals surface area (Å²) in [7, 11) is 0. The van der Waals surface area contributed by atoms with Crippen molar-refractivity contribution in [3.8, 4) is 11.8 Å². The normalized spacial score (nSPS) is 15.9. The summed E-state index contributed by atoms with van der Waals surface area (Å²) in [6, 6.07) is 14.4. The number of nitriles is 1. The first-order valence-electron chi connectivity index (χ1n) is 7.50. The molecule has 0 fully saturated rings. The molecule has 1 heterocycles. The molecular formula is C18H15ClN2O2S. The third-order valence-electron chi connectivity index (χ3n) is 3.70. The molecule has 2 aromatic carbocycles. The Morgan fingerprint density at radius 2 is 2.12 bits per heavy atom. The van der Waals surface area contributed by atoms with Crippen molar-refractivity contribution in [3.63, 3.8) is 0 Å². The smallest absolute Gasteiger partial charge is 0.258 e. The number of benzene rings is 2. The van der Waals surface area contributed by atoms with Crippen LogP contribution in [0.25, 0.3) is 0 Å². The van der Waals surface area contributed by atoms with E-state index in [9.17, 15) is 4.79 Å². The Morgan fingerprint density at radius 3 is 2.88 bits per heavy atom. The minimum atomic E-state index is -0.179. The lowest BCUT2D eigenvalue weighted by atomic mass is 10.0. The molecule has 1 N–H and O–H groups in total. The lowest BCUT2D eigenvalue weighted by molar-refractivity contribution is -0.123. The van der Waals surface area contributed by atoms with Crippen molar-refractivity contribution in [3.05, 3.63) is 58.6 Å². The van der Waals surface area contributed by atoms with Crippen LogP contribution in [0.5, 0.6) is 5.75 Å². The highest BCUT2D eigenvalue weighted by Gasteiger charge is 2.22. The Bertz CT molecular complexity index is 787. The standard InChI is InChI=1S/C18H15ClN2O2S/c19-13-3-6-17-15(9-13)16(7-8-24-17)21-18(22)11-23-14-4-1-12(10-20)2-5-14/h1-6,9,16H,7-8,11H2,(H,21,22)/t16-/m0/s1. The zero-order valence-corrected chi connectivity index (χ0v) is 14.4. The second kappa shape index (κ2) is 7.61. The van der Waals surface area contributed by atoms with Crippen molar-refractivity contribution in [1.82, 2.24) is 5.32 Å². The number of rotatable bonds is 4. The molecule has 1 aliphatic rings. The minimum Gasteiger partial charge on any atom is -0.484 e. The molecule has 1 aliphatic heterocycles. The molecule has 1 atom stereocenters. The molecule has 3 rings (SSSR count). The summed E-state index contributed by atoms with van der Waals surface area (Å²) in [6.07, 6.45) is 0.862. The molecule has 0 radical (unpaired) electrons. The molecular weight excluding hydrogens is 344 g/mol. The average molecular weight is 359 g/mol. The van der Waals surface area contributed by atoms with Crippen molar-refractivity contribution in [2.24, 2.45) is 0 Å². The summed E-state index contributed by atoms with van der Waals surface area (Å²) in [5.41, 5.74) is 1.62. The van der Waals surface area contributed by atoms with Crippen LogP contribution in [0.15, 0.2) is 47.4 Å². The van der Waals surface area contributed by atoms with Crippen LogP contribution in [0, 0.1) is 11.3 Å². The minimum absolute atomic E-state index is 0.0444. The first-order chi connectivity index (χ1) is 11.7. The van der Waals surface area contributed by atoms with Gasteiger partial charge in [0.1, 0.15) is 5.75 Å². The largest absolute Gasteiger partial charge is 0.484 e. The maximum atomic E-state index is 12.2. The molecule has 1 amide bonds. The van der Waals surface area contributed by atoms with Crippen LogP contribution in [0.3, 0.4) is 0 Å². The van der Waals surface area contributed by atoms with Gasteiger partial charge < -0.3 is 10.1 Å². The molecule has 4 nitrogen and oxygen atoms in total. The van der Waals surface area contributed by atoms with E-state index in [1.54, 1.807) is 36.0 Å². The fraction of sp³-hybridized carbons (Fsp3) is 0.222. The van der Waals surface area contributed by atoms with E-state index in [0.717, 1.165) is 22.6 Å². The second-order valence-corrected chi connectivity index (χ2v) is 6.94. The van der Waals surface area contributed by atoms with Gasteiger partial charge in [0, 0.05) is 15.7 Å². The Morgan fingerprint density at radius 1 is 1.33 bits per heavy atom. The molecule has 0 bridgehead atoms. The number of amides is 1. The van der Waals surface area contributed by atoms with Crippen molar-refractivity contribution in [2.75, 3.05) is 12.4 Å². The topological polar surface area (TPSA) is 62.1 Å². The number of hydrogen-bond donors (Lipinski definition) is 1. The highest BCUT2D eigenvalue weighted by molar-refractivity contribution is 7.99. The highest BCUT2D eigenvalue weighted by atomic mass is 35.5. The summed E-state index contributed by atoms with van der Waals surface area (Å²) >= 11 is 7.85. The van der Waals surface area contributed by atoms with Gasteiger partial charge in [0.05, 0.1) is 17.7 Å². The molecule has 0 unspecified atom stereocenters. The second-order valence-electron chi connectivity index (χ2n) is 5.36. The SMILES string of the molecule is N#Cc1ccc(OCC(=O)N[C@H]2CCSc3ccc(Cl)cc32)cc1. The van der Waals surface area contributed by atoms with Crippen LogP contribution in [-0.2, 0) is 4.79 Å². The van der Waals surface area contributed by atoms with Gasteiger partial charge in [-0.3, -0.25) is 4.79 Å². The van der Waals surface area contributed by atoms with E-state index < -0.39 is 0 Å². The van der Waals surface area contributed by atoms with Crippen LogP contribution < -0.4 is 10.1 Å². The molecule has 0 aromatic heterocycles. The Kier molecular flexibility index (Phi) is 5.29. The van der Waals surface area contributed by atoms with Gasteiger partial charge in [-0.05, 0) is 54.4 Å². The number of ether oxygens (including phenoxy) is 1. The summed E-state index contributed by atoms with van der Waals surface area (Å²) in [5, 5.41) is 12.4. The molecule has 0 aliphatic carbocycles. The summed E-state index contributed by atoms with van der Waals surface area (Å²) < 4.78 is 5.47. The van der Waals surface area contributed by atoms with E-state index in [0.29, 0.717) is 16.3 Å². The predicted molar refractivity (Wildman–Crippen MR) is 94.3 cm³/mol. The van der Waals surface area contributed by atoms with Crippen molar-refractivity contribution >= 4 is 29.3 Å². The number of carbonyl (C=O) groups is 1. The van der Waals surface area contributed by atoms with Crippen LogP contribution in [0.2, 0.25) is 5.02 Å². The van der Waals surface area contributed by atoms with Crippen LogP contribution in [0.4, 0.5) is 0 Å². The maximum Gasteiger partial charge on any atom is 0.258 e. The van der Waals surface area contributed by atoms with Gasteiger partial charge in [-0.2, -0.15) is 5.26 Å². The van der Waals surface area contributed by atoms with Gasteiger partial charge in [0.15, 0.2) is 6.61 Å². The first-order valence-corrected chi connectivity index (χ1v) is 8.86. The van der Waals surface area contributed by atoms with E-state index in [4.69, 9.17) is 21.6 Å². The van der Waals surface area contributed by atoms with Gasteiger partial charge in [-0.15, -0.1) is 11.8 Å². The fourth-order valence-corrected chi connectivity index (χ4v) is 3.81. The number of thioether (sulfide) groups is 1. The van der Waals surface area contributed by atoms with Crippen LogP contribution in [-0.4, -0.2) is 18.3 Å². The third-order valence-corrected chi connectivity index (χ3v) is 5.06. The quantitative estimate of drug-likeness (QED) is 0.899. The number of halogens is 1. The van der Waals surface area contributed by atoms with Gasteiger partial charge in [-0.1, -0.05) is 11.6 Å².